The summed E-state index contributed by atoms with van der Waals surface area (Å²) in [6.45, 7) is -0.402. The van der Waals surface area contributed by atoms with Gasteiger partial charge in [0, 0.05) is 18.4 Å². The fraction of sp³-hybridized carbons (Fsp3) is 0.308. The zero-order chi connectivity index (χ0) is 16.1. The number of thioether (sulfide) groups is 1. The SMILES string of the molecule is O=C(COC(=O)CN1CCSC1=O)Nc1ccc(F)cc1F. The van der Waals surface area contributed by atoms with Crippen LogP contribution in [0.1, 0.15) is 0 Å². The standard InChI is InChI=1S/C13H12F2N2O4S/c14-8-1-2-10(9(15)5-8)16-11(18)7-21-12(19)6-17-3-4-22-13(17)20/h1-2,5H,3-4,6-7H2,(H,16,18). The highest BCUT2D eigenvalue weighted by Gasteiger charge is 2.24. The number of nitrogens with zero attached hydrogens (tertiary/aromatic N) is 1. The van der Waals surface area contributed by atoms with Gasteiger partial charge >= 0.3 is 5.97 Å². The number of anilines is 1. The van der Waals surface area contributed by atoms with Gasteiger partial charge in [0.25, 0.3) is 11.1 Å². The Morgan fingerprint density at radius 2 is 2.14 bits per heavy atom. The van der Waals surface area contributed by atoms with Crippen molar-refractivity contribution in [2.75, 3.05) is 30.8 Å². The van der Waals surface area contributed by atoms with E-state index in [-0.39, 0.29) is 17.5 Å². The smallest absolute Gasteiger partial charge is 0.326 e. The lowest BCUT2D eigenvalue weighted by Gasteiger charge is -2.13. The van der Waals surface area contributed by atoms with Crippen LogP contribution in [0.4, 0.5) is 19.3 Å². The molecular formula is C13H12F2N2O4S. The summed E-state index contributed by atoms with van der Waals surface area (Å²) >= 11 is 1.10. The molecule has 118 valence electrons. The molecule has 1 aliphatic heterocycles. The Kier molecular flexibility index (Phi) is 5.31. The Morgan fingerprint density at radius 3 is 2.77 bits per heavy atom. The third-order valence-electron chi connectivity index (χ3n) is 2.73. The second-order valence-corrected chi connectivity index (χ2v) is 5.42. The minimum absolute atomic E-state index is 0.213. The topological polar surface area (TPSA) is 75.7 Å². The van der Waals surface area contributed by atoms with Gasteiger partial charge in [0.1, 0.15) is 18.2 Å². The molecule has 1 aliphatic rings. The minimum Gasteiger partial charge on any atom is -0.454 e. The van der Waals surface area contributed by atoms with E-state index in [2.05, 4.69) is 5.32 Å². The quantitative estimate of drug-likeness (QED) is 0.830. The maximum atomic E-state index is 13.3. The third-order valence-corrected chi connectivity index (χ3v) is 3.63. The molecule has 2 amide bonds. The second kappa shape index (κ2) is 7.21. The number of esters is 1. The Labute approximate surface area is 128 Å². The number of hydrogen-bond donors (Lipinski definition) is 1. The van der Waals surface area contributed by atoms with Crippen molar-refractivity contribution in [3.63, 3.8) is 0 Å². The molecule has 0 spiro atoms. The number of hydrogen-bond acceptors (Lipinski definition) is 5. The highest BCUT2D eigenvalue weighted by Crippen LogP contribution is 2.17. The predicted molar refractivity (Wildman–Crippen MR) is 75.4 cm³/mol. The van der Waals surface area contributed by atoms with Crippen LogP contribution in [-0.4, -0.2) is 47.5 Å². The molecule has 0 saturated carbocycles. The Morgan fingerprint density at radius 1 is 1.36 bits per heavy atom. The monoisotopic (exact) mass is 330 g/mol. The average molecular weight is 330 g/mol. The van der Waals surface area contributed by atoms with Crippen LogP contribution in [0.25, 0.3) is 0 Å². The van der Waals surface area contributed by atoms with E-state index in [1.54, 1.807) is 0 Å². The van der Waals surface area contributed by atoms with Gasteiger partial charge in [-0.05, 0) is 12.1 Å². The predicted octanol–water partition coefficient (Wildman–Crippen LogP) is 1.62. The first-order valence-corrected chi connectivity index (χ1v) is 7.26. The summed E-state index contributed by atoms with van der Waals surface area (Å²) in [6.07, 6.45) is 0. The van der Waals surface area contributed by atoms with Gasteiger partial charge in [-0.2, -0.15) is 0 Å². The second-order valence-electron chi connectivity index (χ2n) is 4.37. The number of benzene rings is 1. The number of nitrogens with one attached hydrogen (secondary N) is 1. The normalized spacial score (nSPS) is 14.1. The number of rotatable bonds is 5. The minimum atomic E-state index is -0.931. The van der Waals surface area contributed by atoms with Gasteiger partial charge in [0.2, 0.25) is 0 Å². The van der Waals surface area contributed by atoms with Crippen molar-refractivity contribution in [1.82, 2.24) is 4.90 Å². The van der Waals surface area contributed by atoms with Crippen LogP contribution in [0.3, 0.4) is 0 Å². The fourth-order valence-corrected chi connectivity index (χ4v) is 2.52. The molecule has 2 rings (SSSR count). The molecule has 0 unspecified atom stereocenters. The highest BCUT2D eigenvalue weighted by molar-refractivity contribution is 8.13. The van der Waals surface area contributed by atoms with Gasteiger partial charge in [0.15, 0.2) is 6.61 Å². The fourth-order valence-electron chi connectivity index (χ4n) is 1.69. The van der Waals surface area contributed by atoms with Gasteiger partial charge in [-0.3, -0.25) is 14.4 Å². The summed E-state index contributed by atoms with van der Waals surface area (Å²) in [7, 11) is 0. The van der Waals surface area contributed by atoms with Crippen LogP contribution in [0.2, 0.25) is 0 Å². The first kappa shape index (κ1) is 16.2. The van der Waals surface area contributed by atoms with Crippen molar-refractivity contribution in [1.29, 1.82) is 0 Å². The van der Waals surface area contributed by atoms with E-state index in [1.165, 1.54) is 4.90 Å². The maximum absolute atomic E-state index is 13.3. The van der Waals surface area contributed by atoms with Crippen molar-refractivity contribution in [2.45, 2.75) is 0 Å². The zero-order valence-electron chi connectivity index (χ0n) is 11.3. The summed E-state index contributed by atoms with van der Waals surface area (Å²) in [6, 6.07) is 2.67. The van der Waals surface area contributed by atoms with Crippen LogP contribution < -0.4 is 5.32 Å². The van der Waals surface area contributed by atoms with E-state index in [0.29, 0.717) is 18.4 Å². The van der Waals surface area contributed by atoms with E-state index in [1.807, 2.05) is 0 Å². The molecule has 22 heavy (non-hydrogen) atoms. The van der Waals surface area contributed by atoms with Crippen molar-refractivity contribution in [2.24, 2.45) is 0 Å². The van der Waals surface area contributed by atoms with E-state index in [0.717, 1.165) is 23.9 Å². The Hall–Kier alpha value is -2.16. The van der Waals surface area contributed by atoms with Gasteiger partial charge in [-0.15, -0.1) is 0 Å². The van der Waals surface area contributed by atoms with Gasteiger partial charge in [-0.25, -0.2) is 8.78 Å². The van der Waals surface area contributed by atoms with E-state index < -0.39 is 30.1 Å². The third kappa shape index (κ3) is 4.42. The van der Waals surface area contributed by atoms with E-state index in [9.17, 15) is 23.2 Å². The van der Waals surface area contributed by atoms with Crippen molar-refractivity contribution < 1.29 is 27.9 Å². The first-order chi connectivity index (χ1) is 10.5. The summed E-state index contributed by atoms with van der Waals surface area (Å²) in [4.78, 5) is 35.6. The van der Waals surface area contributed by atoms with Gasteiger partial charge in [0.05, 0.1) is 5.69 Å². The molecule has 0 aliphatic carbocycles. The first-order valence-electron chi connectivity index (χ1n) is 6.28. The van der Waals surface area contributed by atoms with Gasteiger partial charge in [-0.1, -0.05) is 11.8 Å². The molecule has 0 atom stereocenters. The van der Waals surface area contributed by atoms with E-state index in [4.69, 9.17) is 4.74 Å². The molecule has 1 aromatic carbocycles. The molecule has 0 bridgehead atoms. The summed E-state index contributed by atoms with van der Waals surface area (Å²) in [5.74, 6) is -2.59. The molecule has 0 radical (unpaired) electrons. The number of carbonyl (C=O) groups is 3. The van der Waals surface area contributed by atoms with Crippen molar-refractivity contribution >= 4 is 34.6 Å². The molecule has 1 heterocycles. The molecule has 1 aromatic rings. The molecular weight excluding hydrogens is 318 g/mol. The highest BCUT2D eigenvalue weighted by atomic mass is 32.2. The number of halogens is 2. The van der Waals surface area contributed by atoms with Crippen LogP contribution in [0, 0.1) is 11.6 Å². The summed E-state index contributed by atoms with van der Waals surface area (Å²) in [5, 5.41) is 1.94. The van der Waals surface area contributed by atoms with Crippen LogP contribution in [-0.2, 0) is 14.3 Å². The zero-order valence-corrected chi connectivity index (χ0v) is 12.1. The Bertz CT molecular complexity index is 612. The van der Waals surface area contributed by atoms with Crippen LogP contribution in [0.15, 0.2) is 18.2 Å². The van der Waals surface area contributed by atoms with E-state index >= 15 is 0 Å². The largest absolute Gasteiger partial charge is 0.454 e. The molecule has 1 fully saturated rings. The number of ether oxygens (including phenoxy) is 1. The molecule has 1 N–H and O–H groups in total. The number of amides is 2. The molecule has 1 saturated heterocycles. The summed E-state index contributed by atoms with van der Waals surface area (Å²) < 4.78 is 30.7. The van der Waals surface area contributed by atoms with Crippen molar-refractivity contribution in [3.8, 4) is 0 Å². The molecule has 0 aromatic heterocycles. The maximum Gasteiger partial charge on any atom is 0.326 e. The van der Waals surface area contributed by atoms with Crippen LogP contribution >= 0.6 is 11.8 Å². The lowest BCUT2D eigenvalue weighted by atomic mass is 10.3. The Balaban J connectivity index is 1.77. The molecule has 6 nitrogen and oxygen atoms in total. The van der Waals surface area contributed by atoms with Gasteiger partial charge < -0.3 is 15.0 Å². The lowest BCUT2D eigenvalue weighted by Crippen LogP contribution is -2.32. The average Bonchev–Trinajstić information content (AvgIpc) is 2.85. The summed E-state index contributed by atoms with van der Waals surface area (Å²) in [5.41, 5.74) is -0.214. The molecule has 9 heteroatoms. The lowest BCUT2D eigenvalue weighted by molar-refractivity contribution is -0.147. The number of carbonyl (C=O) groups excluding carboxylic acids is 3. The van der Waals surface area contributed by atoms with Crippen molar-refractivity contribution in [3.05, 3.63) is 29.8 Å². The van der Waals surface area contributed by atoms with Crippen LogP contribution in [0.5, 0.6) is 0 Å².